The largest absolute Gasteiger partial charge is 0.338 e. The second kappa shape index (κ2) is 12.7. The first kappa shape index (κ1) is 31.0. The SMILES string of the molecule is CCS(=O)(=O)N1CCC([C@H](c2ccccc2)N2CCN(C3(C)CCN(C(=O)c4c(C)ncnc4C)CC3)C[C@@H]2C)CC1. The van der Waals surface area contributed by atoms with Gasteiger partial charge in [-0.2, -0.15) is 0 Å². The molecule has 0 spiro atoms. The number of aromatic nitrogens is 2. The van der Waals surface area contributed by atoms with Gasteiger partial charge < -0.3 is 4.90 Å². The highest BCUT2D eigenvalue weighted by Crippen LogP contribution is 2.40. The molecule has 3 aliphatic rings. The molecule has 1 amide bonds. The van der Waals surface area contributed by atoms with Crippen molar-refractivity contribution in [1.82, 2.24) is 29.0 Å². The number of hydrogen-bond donors (Lipinski definition) is 0. The van der Waals surface area contributed by atoms with Crippen molar-refractivity contribution in [2.75, 3.05) is 51.6 Å². The van der Waals surface area contributed by atoms with E-state index in [1.54, 1.807) is 11.2 Å². The third-order valence-corrected chi connectivity index (χ3v) is 12.1. The van der Waals surface area contributed by atoms with Crippen molar-refractivity contribution in [3.63, 3.8) is 0 Å². The second-order valence-electron chi connectivity index (χ2n) is 12.7. The highest BCUT2D eigenvalue weighted by molar-refractivity contribution is 7.89. The topological polar surface area (TPSA) is 90.0 Å². The number of carbonyl (C=O) groups is 1. The Morgan fingerprint density at radius 3 is 2.17 bits per heavy atom. The van der Waals surface area contributed by atoms with E-state index in [-0.39, 0.29) is 23.2 Å². The summed E-state index contributed by atoms with van der Waals surface area (Å²) in [5.41, 5.74) is 3.53. The van der Waals surface area contributed by atoms with Gasteiger partial charge in [-0.05, 0) is 71.8 Å². The maximum Gasteiger partial charge on any atom is 0.257 e. The van der Waals surface area contributed by atoms with Crippen LogP contribution in [0.2, 0.25) is 0 Å². The van der Waals surface area contributed by atoms with Crippen molar-refractivity contribution in [2.24, 2.45) is 5.92 Å². The van der Waals surface area contributed by atoms with Crippen LogP contribution >= 0.6 is 0 Å². The van der Waals surface area contributed by atoms with Crippen molar-refractivity contribution < 1.29 is 13.2 Å². The number of benzene rings is 1. The van der Waals surface area contributed by atoms with Gasteiger partial charge in [0.2, 0.25) is 10.0 Å². The maximum atomic E-state index is 13.4. The van der Waals surface area contributed by atoms with E-state index in [4.69, 9.17) is 0 Å². The Morgan fingerprint density at radius 2 is 1.60 bits per heavy atom. The number of piperidine rings is 2. The molecule has 0 unspecified atom stereocenters. The normalized spacial score (nSPS) is 24.0. The van der Waals surface area contributed by atoms with Crippen LogP contribution in [0.15, 0.2) is 36.7 Å². The summed E-state index contributed by atoms with van der Waals surface area (Å²) in [6.07, 6.45) is 5.20. The summed E-state index contributed by atoms with van der Waals surface area (Å²) in [6.45, 7) is 15.9. The van der Waals surface area contributed by atoms with E-state index in [2.05, 4.69) is 63.9 Å². The summed E-state index contributed by atoms with van der Waals surface area (Å²) < 4.78 is 26.7. The molecule has 9 nitrogen and oxygen atoms in total. The monoisotopic (exact) mass is 596 g/mol. The number of likely N-dealkylation sites (tertiary alicyclic amines) is 1. The zero-order valence-corrected chi connectivity index (χ0v) is 26.8. The number of nitrogens with zero attached hydrogens (tertiary/aromatic N) is 6. The summed E-state index contributed by atoms with van der Waals surface area (Å²) in [7, 11) is -3.14. The zero-order valence-electron chi connectivity index (χ0n) is 26.0. The molecule has 3 fully saturated rings. The minimum Gasteiger partial charge on any atom is -0.338 e. The molecule has 42 heavy (non-hydrogen) atoms. The summed E-state index contributed by atoms with van der Waals surface area (Å²) in [5, 5.41) is 0. The van der Waals surface area contributed by atoms with Crippen LogP contribution in [0.25, 0.3) is 0 Å². The standard InChI is InChI=1S/C32H48N6O3S/c1-6-42(40,41)37-16-12-28(13-17-37)30(27-10-8-7-9-11-27)38-21-20-36(22-24(38)2)32(5)14-18-35(19-15-32)31(39)29-25(3)33-23-34-26(29)4/h7-11,23-24,28,30H,6,12-22H2,1-5H3/t24-,30-/m0/s1. The lowest BCUT2D eigenvalue weighted by Gasteiger charge is -2.54. The Balaban J connectivity index is 1.25. The molecule has 3 aliphatic heterocycles. The highest BCUT2D eigenvalue weighted by Gasteiger charge is 2.43. The molecule has 0 N–H and O–H groups in total. The van der Waals surface area contributed by atoms with Gasteiger partial charge in [-0.15, -0.1) is 0 Å². The van der Waals surface area contributed by atoms with E-state index >= 15 is 0 Å². The molecule has 0 bridgehead atoms. The molecule has 1 aromatic heterocycles. The lowest BCUT2D eigenvalue weighted by atomic mass is 9.82. The lowest BCUT2D eigenvalue weighted by molar-refractivity contribution is -0.0421. The minimum absolute atomic E-state index is 0.0503. The van der Waals surface area contributed by atoms with Gasteiger partial charge in [-0.1, -0.05) is 30.3 Å². The van der Waals surface area contributed by atoms with Gasteiger partial charge in [0.15, 0.2) is 0 Å². The van der Waals surface area contributed by atoms with Crippen molar-refractivity contribution in [2.45, 2.75) is 77.9 Å². The Kier molecular flexibility index (Phi) is 9.37. The Labute approximate surface area is 252 Å². The van der Waals surface area contributed by atoms with Gasteiger partial charge in [0, 0.05) is 63.4 Å². The van der Waals surface area contributed by atoms with Gasteiger partial charge in [0.1, 0.15) is 6.33 Å². The molecule has 2 atom stereocenters. The van der Waals surface area contributed by atoms with Crippen LogP contribution in [0.1, 0.15) is 79.8 Å². The molecule has 0 saturated carbocycles. The van der Waals surface area contributed by atoms with Gasteiger partial charge in [-0.25, -0.2) is 22.7 Å². The lowest BCUT2D eigenvalue weighted by Crippen LogP contribution is -2.63. The smallest absolute Gasteiger partial charge is 0.257 e. The Morgan fingerprint density at radius 1 is 0.976 bits per heavy atom. The number of aryl methyl sites for hydroxylation is 2. The summed E-state index contributed by atoms with van der Waals surface area (Å²) in [5.74, 6) is 0.640. The maximum absolute atomic E-state index is 13.4. The quantitative estimate of drug-likeness (QED) is 0.479. The zero-order chi connectivity index (χ0) is 30.1. The average Bonchev–Trinajstić information content (AvgIpc) is 2.99. The predicted octanol–water partition coefficient (Wildman–Crippen LogP) is 3.90. The number of amides is 1. The van der Waals surface area contributed by atoms with E-state index in [0.29, 0.717) is 30.6 Å². The second-order valence-corrected chi connectivity index (χ2v) is 15.0. The first-order chi connectivity index (χ1) is 20.0. The molecule has 5 rings (SSSR count). The fraction of sp³-hybridized carbons (Fsp3) is 0.656. The molecule has 1 aromatic carbocycles. The molecule has 0 aliphatic carbocycles. The van der Waals surface area contributed by atoms with Gasteiger partial charge >= 0.3 is 0 Å². The van der Waals surface area contributed by atoms with Crippen LogP contribution in [0, 0.1) is 19.8 Å². The molecule has 4 heterocycles. The number of rotatable bonds is 7. The molecular weight excluding hydrogens is 548 g/mol. The first-order valence-electron chi connectivity index (χ1n) is 15.6. The molecule has 3 saturated heterocycles. The summed E-state index contributed by atoms with van der Waals surface area (Å²) in [4.78, 5) is 29.2. The minimum atomic E-state index is -3.14. The van der Waals surface area contributed by atoms with Crippen molar-refractivity contribution in [1.29, 1.82) is 0 Å². The number of hydrogen-bond acceptors (Lipinski definition) is 7. The van der Waals surface area contributed by atoms with Gasteiger partial charge in [0.05, 0.1) is 22.7 Å². The molecule has 230 valence electrons. The van der Waals surface area contributed by atoms with Crippen LogP contribution in [0.5, 0.6) is 0 Å². The van der Waals surface area contributed by atoms with E-state index in [9.17, 15) is 13.2 Å². The Bertz CT molecular complexity index is 1320. The van der Waals surface area contributed by atoms with Crippen LogP contribution in [-0.2, 0) is 10.0 Å². The van der Waals surface area contributed by atoms with Crippen molar-refractivity contribution in [3.8, 4) is 0 Å². The van der Waals surface area contributed by atoms with Crippen LogP contribution in [-0.4, -0.2) is 106 Å². The number of sulfonamides is 1. The summed E-state index contributed by atoms with van der Waals surface area (Å²) in [6, 6.07) is 11.5. The first-order valence-corrected chi connectivity index (χ1v) is 17.3. The predicted molar refractivity (Wildman–Crippen MR) is 166 cm³/mol. The third-order valence-electron chi connectivity index (χ3n) is 10.2. The van der Waals surface area contributed by atoms with Crippen molar-refractivity contribution in [3.05, 3.63) is 59.2 Å². The number of piperazine rings is 1. The van der Waals surface area contributed by atoms with Gasteiger partial charge in [-0.3, -0.25) is 14.6 Å². The van der Waals surface area contributed by atoms with Crippen molar-refractivity contribution >= 4 is 15.9 Å². The summed E-state index contributed by atoms with van der Waals surface area (Å²) >= 11 is 0. The fourth-order valence-corrected chi connectivity index (χ4v) is 8.61. The molecule has 2 aromatic rings. The fourth-order valence-electron chi connectivity index (χ4n) is 7.48. The van der Waals surface area contributed by atoms with Crippen LogP contribution in [0.3, 0.4) is 0 Å². The van der Waals surface area contributed by atoms with E-state index < -0.39 is 10.0 Å². The average molecular weight is 597 g/mol. The molecule has 0 radical (unpaired) electrons. The van der Waals surface area contributed by atoms with E-state index in [0.717, 1.165) is 69.8 Å². The third kappa shape index (κ3) is 6.27. The van der Waals surface area contributed by atoms with Gasteiger partial charge in [0.25, 0.3) is 5.91 Å². The van der Waals surface area contributed by atoms with E-state index in [1.165, 1.54) is 11.9 Å². The molecular formula is C32H48N6O3S. The van der Waals surface area contributed by atoms with Crippen LogP contribution < -0.4 is 0 Å². The number of carbonyl (C=O) groups excluding carboxylic acids is 1. The van der Waals surface area contributed by atoms with Crippen LogP contribution in [0.4, 0.5) is 0 Å². The molecule has 10 heteroatoms. The Hall–Kier alpha value is -2.40. The highest BCUT2D eigenvalue weighted by atomic mass is 32.2. The van der Waals surface area contributed by atoms with E-state index in [1.807, 2.05) is 18.7 Å².